The topological polar surface area (TPSA) is 50.3 Å². The van der Waals surface area contributed by atoms with E-state index in [0.717, 1.165) is 49.9 Å². The summed E-state index contributed by atoms with van der Waals surface area (Å²) in [5.74, 6) is 2.74. The summed E-state index contributed by atoms with van der Waals surface area (Å²) in [5.41, 5.74) is 0. The van der Waals surface area contributed by atoms with Gasteiger partial charge in [0.05, 0.1) is 0 Å². The van der Waals surface area contributed by atoms with Crippen LogP contribution in [0.1, 0.15) is 25.6 Å². The SMILES string of the molecule is CCCc1nc(NC)cc(N(C)CCCOC)n1. The maximum absolute atomic E-state index is 5.06. The molecular formula is C13H24N4O. The Morgan fingerprint density at radius 1 is 1.39 bits per heavy atom. The monoisotopic (exact) mass is 252 g/mol. The van der Waals surface area contributed by atoms with Crippen LogP contribution in [0.5, 0.6) is 0 Å². The third kappa shape index (κ3) is 4.49. The zero-order chi connectivity index (χ0) is 13.4. The van der Waals surface area contributed by atoms with Gasteiger partial charge >= 0.3 is 0 Å². The van der Waals surface area contributed by atoms with Gasteiger partial charge in [-0.15, -0.1) is 0 Å². The van der Waals surface area contributed by atoms with Crippen molar-refractivity contribution in [1.29, 1.82) is 0 Å². The lowest BCUT2D eigenvalue weighted by atomic mass is 10.3. The molecule has 0 radical (unpaired) electrons. The molecule has 1 rings (SSSR count). The van der Waals surface area contributed by atoms with E-state index in [4.69, 9.17) is 4.74 Å². The lowest BCUT2D eigenvalue weighted by molar-refractivity contribution is 0.196. The molecule has 5 nitrogen and oxygen atoms in total. The molecule has 102 valence electrons. The molecule has 18 heavy (non-hydrogen) atoms. The maximum atomic E-state index is 5.06. The predicted molar refractivity (Wildman–Crippen MR) is 75.3 cm³/mol. The molecule has 0 saturated carbocycles. The molecule has 0 unspecified atom stereocenters. The van der Waals surface area contributed by atoms with Gasteiger partial charge in [-0.2, -0.15) is 0 Å². The standard InChI is InChI=1S/C13H24N4O/c1-5-7-11-15-12(14-2)10-13(16-11)17(3)8-6-9-18-4/h10H,5-9H2,1-4H3,(H,14,15,16). The van der Waals surface area contributed by atoms with Crippen molar-refractivity contribution in [2.75, 3.05) is 44.6 Å². The molecule has 0 aromatic carbocycles. The van der Waals surface area contributed by atoms with Crippen LogP contribution >= 0.6 is 0 Å². The van der Waals surface area contributed by atoms with Gasteiger partial charge in [0.15, 0.2) is 0 Å². The van der Waals surface area contributed by atoms with Crippen LogP contribution in [0.3, 0.4) is 0 Å². The summed E-state index contributed by atoms with van der Waals surface area (Å²) in [7, 11) is 5.66. The van der Waals surface area contributed by atoms with Crippen LogP contribution in [0, 0.1) is 0 Å². The Labute approximate surface area is 110 Å². The number of aromatic nitrogens is 2. The molecule has 1 aromatic heterocycles. The highest BCUT2D eigenvalue weighted by Crippen LogP contribution is 2.15. The molecular weight excluding hydrogens is 228 g/mol. The Morgan fingerprint density at radius 2 is 2.17 bits per heavy atom. The van der Waals surface area contributed by atoms with E-state index in [9.17, 15) is 0 Å². The van der Waals surface area contributed by atoms with Gasteiger partial charge in [-0.1, -0.05) is 6.92 Å². The summed E-state index contributed by atoms with van der Waals surface area (Å²) in [4.78, 5) is 11.2. The molecule has 0 spiro atoms. The van der Waals surface area contributed by atoms with Crippen LogP contribution in [0.15, 0.2) is 6.07 Å². The Kier molecular flexibility index (Phi) is 6.43. The summed E-state index contributed by atoms with van der Waals surface area (Å²) < 4.78 is 5.06. The third-order valence-corrected chi connectivity index (χ3v) is 2.72. The second kappa shape index (κ2) is 7.87. The molecule has 1 heterocycles. The van der Waals surface area contributed by atoms with Crippen molar-refractivity contribution >= 4 is 11.6 Å². The van der Waals surface area contributed by atoms with Crippen molar-refractivity contribution in [3.63, 3.8) is 0 Å². The number of nitrogens with one attached hydrogen (secondary N) is 1. The van der Waals surface area contributed by atoms with E-state index in [0.29, 0.717) is 0 Å². The van der Waals surface area contributed by atoms with Crippen molar-refractivity contribution in [3.8, 4) is 0 Å². The molecule has 1 aromatic rings. The molecule has 0 bridgehead atoms. The zero-order valence-corrected chi connectivity index (χ0v) is 11.9. The number of hydrogen-bond acceptors (Lipinski definition) is 5. The first-order chi connectivity index (χ1) is 8.71. The normalized spacial score (nSPS) is 10.4. The summed E-state index contributed by atoms with van der Waals surface area (Å²) in [5, 5.41) is 3.09. The van der Waals surface area contributed by atoms with Crippen LogP contribution < -0.4 is 10.2 Å². The van der Waals surface area contributed by atoms with Gasteiger partial charge in [-0.05, 0) is 12.8 Å². The molecule has 0 aliphatic rings. The van der Waals surface area contributed by atoms with Crippen molar-refractivity contribution < 1.29 is 4.74 Å². The summed E-state index contributed by atoms with van der Waals surface area (Å²) in [6, 6.07) is 1.98. The van der Waals surface area contributed by atoms with E-state index in [1.54, 1.807) is 7.11 Å². The van der Waals surface area contributed by atoms with Crippen LogP contribution in [0.4, 0.5) is 11.6 Å². The van der Waals surface area contributed by atoms with Gasteiger partial charge < -0.3 is 15.0 Å². The van der Waals surface area contributed by atoms with Gasteiger partial charge in [0.2, 0.25) is 0 Å². The summed E-state index contributed by atoms with van der Waals surface area (Å²) in [6.07, 6.45) is 2.96. The van der Waals surface area contributed by atoms with E-state index in [1.165, 1.54) is 0 Å². The predicted octanol–water partition coefficient (Wildman–Crippen LogP) is 1.94. The number of rotatable bonds is 8. The molecule has 0 aliphatic heterocycles. The van der Waals surface area contributed by atoms with Gasteiger partial charge in [0.25, 0.3) is 0 Å². The Balaban J connectivity index is 2.75. The molecule has 0 aliphatic carbocycles. The average molecular weight is 252 g/mol. The number of nitrogens with zero attached hydrogens (tertiary/aromatic N) is 3. The number of hydrogen-bond donors (Lipinski definition) is 1. The lowest BCUT2D eigenvalue weighted by Gasteiger charge is -2.19. The van der Waals surface area contributed by atoms with Gasteiger partial charge in [0.1, 0.15) is 17.5 Å². The van der Waals surface area contributed by atoms with Gasteiger partial charge in [0, 0.05) is 46.8 Å². The Bertz CT molecular complexity index is 357. The van der Waals surface area contributed by atoms with Crippen LogP contribution in [0.2, 0.25) is 0 Å². The van der Waals surface area contributed by atoms with Gasteiger partial charge in [-0.3, -0.25) is 0 Å². The first-order valence-corrected chi connectivity index (χ1v) is 6.47. The van der Waals surface area contributed by atoms with Gasteiger partial charge in [-0.25, -0.2) is 9.97 Å². The molecule has 1 N–H and O–H groups in total. The van der Waals surface area contributed by atoms with E-state index in [-0.39, 0.29) is 0 Å². The van der Waals surface area contributed by atoms with E-state index in [2.05, 4.69) is 27.1 Å². The highest BCUT2D eigenvalue weighted by molar-refractivity contribution is 5.48. The van der Waals surface area contributed by atoms with Crippen molar-refractivity contribution in [2.24, 2.45) is 0 Å². The number of aryl methyl sites for hydroxylation is 1. The van der Waals surface area contributed by atoms with Crippen molar-refractivity contribution in [1.82, 2.24) is 9.97 Å². The Hall–Kier alpha value is -1.36. The minimum absolute atomic E-state index is 0.774. The van der Waals surface area contributed by atoms with Crippen molar-refractivity contribution in [2.45, 2.75) is 26.2 Å². The van der Waals surface area contributed by atoms with Crippen LogP contribution in [-0.2, 0) is 11.2 Å². The first kappa shape index (κ1) is 14.7. The lowest BCUT2D eigenvalue weighted by Crippen LogP contribution is -2.21. The number of anilines is 2. The van der Waals surface area contributed by atoms with Crippen LogP contribution in [-0.4, -0.2) is 44.3 Å². The quantitative estimate of drug-likeness (QED) is 0.717. The first-order valence-electron chi connectivity index (χ1n) is 6.47. The molecule has 0 fully saturated rings. The maximum Gasteiger partial charge on any atom is 0.134 e. The zero-order valence-electron chi connectivity index (χ0n) is 11.9. The second-order valence-electron chi connectivity index (χ2n) is 4.30. The number of methoxy groups -OCH3 is 1. The summed E-state index contributed by atoms with van der Waals surface area (Å²) >= 11 is 0. The van der Waals surface area contributed by atoms with E-state index in [1.807, 2.05) is 20.2 Å². The molecule has 0 atom stereocenters. The smallest absolute Gasteiger partial charge is 0.134 e. The summed E-state index contributed by atoms with van der Waals surface area (Å²) in [6.45, 7) is 3.84. The molecule has 0 amide bonds. The fourth-order valence-electron chi connectivity index (χ4n) is 1.70. The van der Waals surface area contributed by atoms with Crippen molar-refractivity contribution in [3.05, 3.63) is 11.9 Å². The largest absolute Gasteiger partial charge is 0.385 e. The fraction of sp³-hybridized carbons (Fsp3) is 0.692. The van der Waals surface area contributed by atoms with Crippen LogP contribution in [0.25, 0.3) is 0 Å². The molecule has 5 heteroatoms. The highest BCUT2D eigenvalue weighted by Gasteiger charge is 2.07. The third-order valence-electron chi connectivity index (χ3n) is 2.72. The Morgan fingerprint density at radius 3 is 2.78 bits per heavy atom. The second-order valence-corrected chi connectivity index (χ2v) is 4.30. The molecule has 0 saturated heterocycles. The van der Waals surface area contributed by atoms with E-state index >= 15 is 0 Å². The highest BCUT2D eigenvalue weighted by atomic mass is 16.5. The van der Waals surface area contributed by atoms with E-state index < -0.39 is 0 Å². The number of ether oxygens (including phenoxy) is 1. The minimum atomic E-state index is 0.774. The fourth-order valence-corrected chi connectivity index (χ4v) is 1.70. The average Bonchev–Trinajstić information content (AvgIpc) is 2.39. The minimum Gasteiger partial charge on any atom is -0.385 e.